The molecule has 1 saturated heterocycles. The standard InChI is InChI=1S/C11H14N2O5/c1-7-5-12-18-10(7)11(16)13-2-3-17-6-8(13)4-9(14)15/h5,8H,2-4,6H2,1H3,(H,14,15). The van der Waals surface area contributed by atoms with Crippen LogP contribution >= 0.6 is 0 Å². The second-order valence-corrected chi connectivity index (χ2v) is 4.16. The first-order chi connectivity index (χ1) is 8.59. The van der Waals surface area contributed by atoms with E-state index in [0.29, 0.717) is 18.7 Å². The first-order valence-electron chi connectivity index (χ1n) is 5.61. The van der Waals surface area contributed by atoms with Crippen LogP contribution in [0.5, 0.6) is 0 Å². The Hall–Kier alpha value is -1.89. The Morgan fingerprint density at radius 1 is 1.61 bits per heavy atom. The highest BCUT2D eigenvalue weighted by Crippen LogP contribution is 2.17. The van der Waals surface area contributed by atoms with Crippen LogP contribution in [-0.4, -0.2) is 52.8 Å². The summed E-state index contributed by atoms with van der Waals surface area (Å²) in [6, 6.07) is -0.465. The lowest BCUT2D eigenvalue weighted by Gasteiger charge is -2.34. The SMILES string of the molecule is Cc1cnoc1C(=O)N1CCOCC1CC(=O)O. The number of carboxylic acids is 1. The molecule has 1 aromatic rings. The molecule has 98 valence electrons. The Balaban J connectivity index is 2.16. The van der Waals surface area contributed by atoms with Crippen molar-refractivity contribution < 1.29 is 24.0 Å². The van der Waals surface area contributed by atoms with Crippen molar-refractivity contribution in [1.29, 1.82) is 0 Å². The summed E-state index contributed by atoms with van der Waals surface area (Å²) in [6.07, 6.45) is 1.32. The van der Waals surface area contributed by atoms with Gasteiger partial charge in [0.1, 0.15) is 0 Å². The van der Waals surface area contributed by atoms with Crippen molar-refractivity contribution in [2.45, 2.75) is 19.4 Å². The maximum Gasteiger partial charge on any atom is 0.305 e. The third kappa shape index (κ3) is 2.51. The highest BCUT2D eigenvalue weighted by Gasteiger charge is 2.32. The number of morpholine rings is 1. The van der Waals surface area contributed by atoms with Gasteiger partial charge >= 0.3 is 5.97 Å². The molecule has 1 unspecified atom stereocenters. The van der Waals surface area contributed by atoms with Crippen molar-refractivity contribution in [3.8, 4) is 0 Å². The fourth-order valence-electron chi connectivity index (χ4n) is 1.92. The van der Waals surface area contributed by atoms with Gasteiger partial charge in [-0.3, -0.25) is 9.59 Å². The van der Waals surface area contributed by atoms with Crippen LogP contribution in [0.15, 0.2) is 10.7 Å². The predicted octanol–water partition coefficient (Wildman–Crippen LogP) is 0.299. The lowest BCUT2D eigenvalue weighted by molar-refractivity contribution is -0.139. The van der Waals surface area contributed by atoms with E-state index in [2.05, 4.69) is 5.16 Å². The molecule has 1 aliphatic heterocycles. The largest absolute Gasteiger partial charge is 0.481 e. The lowest BCUT2D eigenvalue weighted by Crippen LogP contribution is -2.49. The normalized spacial score (nSPS) is 19.8. The van der Waals surface area contributed by atoms with E-state index in [-0.39, 0.29) is 24.7 Å². The number of nitrogens with zero attached hydrogens (tertiary/aromatic N) is 2. The molecule has 0 spiro atoms. The maximum absolute atomic E-state index is 12.2. The highest BCUT2D eigenvalue weighted by atomic mass is 16.5. The third-order valence-corrected chi connectivity index (χ3v) is 2.84. The summed E-state index contributed by atoms with van der Waals surface area (Å²) >= 11 is 0. The van der Waals surface area contributed by atoms with Gasteiger partial charge < -0.3 is 19.3 Å². The fourth-order valence-corrected chi connectivity index (χ4v) is 1.92. The first-order valence-corrected chi connectivity index (χ1v) is 5.61. The summed E-state index contributed by atoms with van der Waals surface area (Å²) < 4.78 is 10.1. The zero-order valence-corrected chi connectivity index (χ0v) is 9.96. The molecule has 1 N–H and O–H groups in total. The molecule has 0 aliphatic carbocycles. The molecule has 2 rings (SSSR count). The van der Waals surface area contributed by atoms with Crippen LogP contribution in [0, 0.1) is 6.92 Å². The topological polar surface area (TPSA) is 92.9 Å². The minimum absolute atomic E-state index is 0.140. The van der Waals surface area contributed by atoms with E-state index >= 15 is 0 Å². The molecule has 7 nitrogen and oxygen atoms in total. The number of hydrogen-bond acceptors (Lipinski definition) is 5. The average Bonchev–Trinajstić information content (AvgIpc) is 2.74. The zero-order valence-electron chi connectivity index (χ0n) is 9.96. The summed E-state index contributed by atoms with van der Waals surface area (Å²) in [7, 11) is 0. The molecule has 18 heavy (non-hydrogen) atoms. The molecule has 1 aromatic heterocycles. The van der Waals surface area contributed by atoms with Crippen LogP contribution in [0.3, 0.4) is 0 Å². The summed E-state index contributed by atoms with van der Waals surface area (Å²) in [5, 5.41) is 12.4. The van der Waals surface area contributed by atoms with Crippen molar-refractivity contribution in [3.63, 3.8) is 0 Å². The van der Waals surface area contributed by atoms with Gasteiger partial charge in [-0.2, -0.15) is 0 Å². The summed E-state index contributed by atoms with van der Waals surface area (Å²) in [5.41, 5.74) is 0.639. The minimum Gasteiger partial charge on any atom is -0.481 e. The lowest BCUT2D eigenvalue weighted by atomic mass is 10.1. The van der Waals surface area contributed by atoms with E-state index < -0.39 is 12.0 Å². The summed E-state index contributed by atoms with van der Waals surface area (Å²) in [5.74, 6) is -1.13. The Bertz CT molecular complexity index is 456. The molecule has 7 heteroatoms. The van der Waals surface area contributed by atoms with Crippen LogP contribution in [-0.2, 0) is 9.53 Å². The van der Waals surface area contributed by atoms with Crippen molar-refractivity contribution in [2.24, 2.45) is 0 Å². The Morgan fingerprint density at radius 2 is 2.39 bits per heavy atom. The number of carboxylic acid groups (broad SMARTS) is 1. The van der Waals surface area contributed by atoms with Gasteiger partial charge in [0, 0.05) is 12.1 Å². The van der Waals surface area contributed by atoms with E-state index in [4.69, 9.17) is 14.4 Å². The number of carbonyl (C=O) groups excluding carboxylic acids is 1. The van der Waals surface area contributed by atoms with Gasteiger partial charge in [0.25, 0.3) is 5.91 Å². The second-order valence-electron chi connectivity index (χ2n) is 4.16. The second kappa shape index (κ2) is 5.18. The molecule has 0 radical (unpaired) electrons. The first kappa shape index (κ1) is 12.6. The van der Waals surface area contributed by atoms with Gasteiger partial charge in [0.2, 0.25) is 5.76 Å². The Morgan fingerprint density at radius 3 is 3.00 bits per heavy atom. The van der Waals surface area contributed by atoms with E-state index in [0.717, 1.165) is 0 Å². The van der Waals surface area contributed by atoms with E-state index in [1.54, 1.807) is 6.92 Å². The highest BCUT2D eigenvalue weighted by molar-refractivity contribution is 5.93. The molecular weight excluding hydrogens is 240 g/mol. The summed E-state index contributed by atoms with van der Waals surface area (Å²) in [4.78, 5) is 24.5. The number of amides is 1. The minimum atomic E-state index is -0.961. The number of aliphatic carboxylic acids is 1. The predicted molar refractivity (Wildman–Crippen MR) is 59.1 cm³/mol. The van der Waals surface area contributed by atoms with Gasteiger partial charge in [-0.25, -0.2) is 0 Å². The van der Waals surface area contributed by atoms with Crippen LogP contribution in [0.1, 0.15) is 22.5 Å². The Labute approximate surface area is 103 Å². The van der Waals surface area contributed by atoms with Crippen molar-refractivity contribution in [3.05, 3.63) is 17.5 Å². The van der Waals surface area contributed by atoms with Gasteiger partial charge in [-0.05, 0) is 6.92 Å². The average molecular weight is 254 g/mol. The quantitative estimate of drug-likeness (QED) is 0.833. The van der Waals surface area contributed by atoms with Crippen LogP contribution in [0.4, 0.5) is 0 Å². The number of rotatable bonds is 3. The molecule has 0 saturated carbocycles. The van der Waals surface area contributed by atoms with E-state index in [1.165, 1.54) is 11.1 Å². The maximum atomic E-state index is 12.2. The monoisotopic (exact) mass is 254 g/mol. The molecule has 1 aliphatic rings. The molecule has 2 heterocycles. The third-order valence-electron chi connectivity index (χ3n) is 2.84. The molecular formula is C11H14N2O5. The molecule has 1 atom stereocenters. The molecule has 1 fully saturated rings. The van der Waals surface area contributed by atoms with Crippen LogP contribution in [0.25, 0.3) is 0 Å². The van der Waals surface area contributed by atoms with Gasteiger partial charge in [0.15, 0.2) is 0 Å². The Kier molecular flexibility index (Phi) is 3.61. The van der Waals surface area contributed by atoms with Gasteiger partial charge in [0.05, 0.1) is 31.9 Å². The smallest absolute Gasteiger partial charge is 0.305 e. The summed E-state index contributed by atoms with van der Waals surface area (Å²) in [6.45, 7) is 2.70. The molecule has 0 bridgehead atoms. The van der Waals surface area contributed by atoms with Crippen LogP contribution in [0.2, 0.25) is 0 Å². The van der Waals surface area contributed by atoms with Crippen LogP contribution < -0.4 is 0 Å². The van der Waals surface area contributed by atoms with E-state index in [9.17, 15) is 9.59 Å². The van der Waals surface area contributed by atoms with E-state index in [1.807, 2.05) is 0 Å². The van der Waals surface area contributed by atoms with Gasteiger partial charge in [-0.1, -0.05) is 5.16 Å². The van der Waals surface area contributed by atoms with Crippen molar-refractivity contribution >= 4 is 11.9 Å². The number of carbonyl (C=O) groups is 2. The molecule has 0 aromatic carbocycles. The number of aryl methyl sites for hydroxylation is 1. The fraction of sp³-hybridized carbons (Fsp3) is 0.545. The van der Waals surface area contributed by atoms with Crippen molar-refractivity contribution in [2.75, 3.05) is 19.8 Å². The number of aromatic nitrogens is 1. The number of hydrogen-bond donors (Lipinski definition) is 1. The zero-order chi connectivity index (χ0) is 13.1. The number of ether oxygens (including phenoxy) is 1. The van der Waals surface area contributed by atoms with Crippen molar-refractivity contribution in [1.82, 2.24) is 10.1 Å². The van der Waals surface area contributed by atoms with Gasteiger partial charge in [-0.15, -0.1) is 0 Å². The molecule has 1 amide bonds.